The van der Waals surface area contributed by atoms with Gasteiger partial charge in [0.05, 0.1) is 36.4 Å². The molecule has 3 saturated heterocycles. The number of esters is 1. The largest absolute Gasteiger partial charge is 0.508 e. The molecule has 4 aliphatic rings. The van der Waals surface area contributed by atoms with E-state index in [2.05, 4.69) is 28.3 Å². The predicted octanol–water partition coefficient (Wildman–Crippen LogP) is 5.41. The SMILES string of the molecule is CC[C@H]1C[C@H](C)[C@@]2(NC1=O)O[C@@H](C[C@H](O)[C@@H](C)CC/C=C/C=C(\C)[C@@H]1C/C=C/C=C/[C@H](O)C(C)[C@@H](O)[C@@H](CCC(C)=O)C(=O)N[C@@H](C(C)C)C(=O)N[C@@H](Cc3cccc(O)c3)C(=O)N3CCCC(N3)C(=O)O1)[C@H](C)[C@H](O)C2C. The Bertz CT molecular complexity index is 2340. The number of aromatic hydroxyl groups is 1. The molecule has 4 amide bonds. The number of ether oxygens (including phenoxy) is 2. The summed E-state index contributed by atoms with van der Waals surface area (Å²) in [5, 5.41) is 66.1. The Morgan fingerprint density at radius 3 is 2.36 bits per heavy atom. The molecule has 0 aliphatic carbocycles. The first kappa shape index (κ1) is 63.6. The summed E-state index contributed by atoms with van der Waals surface area (Å²) < 4.78 is 12.9. The van der Waals surface area contributed by atoms with Crippen LogP contribution in [0.2, 0.25) is 0 Å². The van der Waals surface area contributed by atoms with Crippen LogP contribution in [0.15, 0.2) is 72.4 Å². The number of hydrazine groups is 1. The van der Waals surface area contributed by atoms with E-state index in [9.17, 15) is 54.3 Å². The Kier molecular flexibility index (Phi) is 23.9. The average molecular weight is 1090 g/mol. The smallest absolute Gasteiger partial charge is 0.325 e. The third-order valence-corrected chi connectivity index (χ3v) is 16.9. The lowest BCUT2D eigenvalue weighted by Gasteiger charge is -2.56. The molecule has 18 nitrogen and oxygen atoms in total. The number of carbonyl (C=O) groups excluding carboxylic acids is 6. The number of cyclic esters (lactones) is 1. The first-order valence-corrected chi connectivity index (χ1v) is 28.4. The standard InChI is InChI=1S/C60H91N5O13/c1-11-43-30-37(6)60(63-55(43)72)41(10)53(70)40(9)51(78-60)33-49(69)35(4)20-14-12-15-21-36(5)50-26-17-13-16-25-48(68)39(8)54(71)45(28-27-38(7)66)56(73)62-52(34(2)3)57(74)61-47(32-42-22-18-23-44(67)31-42)58(75)65-29-19-24-46(64-65)59(76)77-50/h12-13,15-18,21-23,25,31,34-35,37,39-41,43,45-54,64,67-71H,11,14,19-20,24,26-30,32-33H2,1-10H3,(H,61,74)(H,62,73)(H,63,72)/b15-12+,17-13+,25-16+,36-21+/t35-,37-,39?,40-,41?,43-,45+,46?,47-,48-,49-,50-,51-,52-,53-,54+,60+/m0/s1. The molecule has 1 aromatic carbocycles. The minimum Gasteiger partial charge on any atom is -0.508 e. The number of hydrogen-bond donors (Lipinski definition) is 9. The maximum Gasteiger partial charge on any atom is 0.325 e. The third kappa shape index (κ3) is 16.7. The van der Waals surface area contributed by atoms with Crippen LogP contribution in [-0.4, -0.2) is 133 Å². The molecule has 2 bridgehead atoms. The lowest BCUT2D eigenvalue weighted by Crippen LogP contribution is -2.71. The summed E-state index contributed by atoms with van der Waals surface area (Å²) in [5.41, 5.74) is 3.27. The molecule has 3 fully saturated rings. The predicted molar refractivity (Wildman–Crippen MR) is 295 cm³/mol. The average Bonchev–Trinajstić information content (AvgIpc) is 3.51. The van der Waals surface area contributed by atoms with Crippen molar-refractivity contribution in [1.82, 2.24) is 26.4 Å². The summed E-state index contributed by atoms with van der Waals surface area (Å²) in [5.74, 6) is -6.33. The van der Waals surface area contributed by atoms with Gasteiger partial charge < -0.3 is 55.8 Å². The Balaban J connectivity index is 1.35. The number of benzene rings is 1. The van der Waals surface area contributed by atoms with E-state index in [1.807, 2.05) is 52.8 Å². The summed E-state index contributed by atoms with van der Waals surface area (Å²) in [4.78, 5) is 82.2. The van der Waals surface area contributed by atoms with Gasteiger partial charge in [-0.2, -0.15) is 0 Å². The minimum absolute atomic E-state index is 0.0254. The number of aliphatic hydroxyl groups is 4. The van der Waals surface area contributed by atoms with Gasteiger partial charge in [0.2, 0.25) is 17.7 Å². The molecule has 0 aromatic heterocycles. The highest BCUT2D eigenvalue weighted by Crippen LogP contribution is 2.46. The van der Waals surface area contributed by atoms with Gasteiger partial charge in [0.1, 0.15) is 41.5 Å². The first-order chi connectivity index (χ1) is 36.9. The van der Waals surface area contributed by atoms with Crippen molar-refractivity contribution >= 4 is 35.4 Å². The van der Waals surface area contributed by atoms with Gasteiger partial charge in [-0.15, -0.1) is 0 Å². The number of rotatable bonds is 15. The van der Waals surface area contributed by atoms with Crippen LogP contribution in [0.25, 0.3) is 0 Å². The molecular formula is C60H91N5O13. The van der Waals surface area contributed by atoms with Gasteiger partial charge in [-0.25, -0.2) is 5.43 Å². The molecule has 78 heavy (non-hydrogen) atoms. The number of hydrogen-bond acceptors (Lipinski definition) is 14. The molecule has 18 heteroatoms. The second-order valence-corrected chi connectivity index (χ2v) is 23.2. The number of amides is 4. The number of piperidine rings is 1. The van der Waals surface area contributed by atoms with E-state index in [0.29, 0.717) is 49.7 Å². The van der Waals surface area contributed by atoms with E-state index in [4.69, 9.17) is 9.47 Å². The van der Waals surface area contributed by atoms with Crippen molar-refractivity contribution in [3.05, 3.63) is 77.9 Å². The molecule has 4 aliphatic heterocycles. The van der Waals surface area contributed by atoms with E-state index in [-0.39, 0.29) is 79.3 Å². The fourth-order valence-corrected chi connectivity index (χ4v) is 11.3. The van der Waals surface area contributed by atoms with E-state index in [0.717, 1.165) is 6.42 Å². The molecule has 9 N–H and O–H groups in total. The zero-order valence-electron chi connectivity index (χ0n) is 47.6. The number of phenolic OH excluding ortho intramolecular Hbond substituents is 1. The summed E-state index contributed by atoms with van der Waals surface area (Å²) >= 11 is 0. The summed E-state index contributed by atoms with van der Waals surface area (Å²) in [6.45, 7) is 18.3. The van der Waals surface area contributed by atoms with Crippen LogP contribution < -0.4 is 21.4 Å². The van der Waals surface area contributed by atoms with Gasteiger partial charge in [-0.3, -0.25) is 29.0 Å². The summed E-state index contributed by atoms with van der Waals surface area (Å²) in [7, 11) is 0. The van der Waals surface area contributed by atoms with Crippen LogP contribution in [0.1, 0.15) is 139 Å². The molecule has 5 rings (SSSR count). The van der Waals surface area contributed by atoms with Gasteiger partial charge in [0.15, 0.2) is 0 Å². The Hall–Kier alpha value is -5.24. The van der Waals surface area contributed by atoms with Crippen molar-refractivity contribution < 1.29 is 63.8 Å². The van der Waals surface area contributed by atoms with Crippen molar-refractivity contribution in [3.63, 3.8) is 0 Å². The minimum atomic E-state index is -1.43. The molecule has 17 atom stereocenters. The van der Waals surface area contributed by atoms with Crippen LogP contribution in [0, 0.1) is 47.3 Å². The van der Waals surface area contributed by atoms with Crippen molar-refractivity contribution in [1.29, 1.82) is 0 Å². The molecule has 0 saturated carbocycles. The van der Waals surface area contributed by atoms with Crippen molar-refractivity contribution in [3.8, 4) is 5.75 Å². The van der Waals surface area contributed by atoms with Crippen molar-refractivity contribution in [2.24, 2.45) is 47.3 Å². The van der Waals surface area contributed by atoms with Crippen LogP contribution in [0.4, 0.5) is 0 Å². The second-order valence-electron chi connectivity index (χ2n) is 23.2. The molecule has 1 aromatic rings. The van der Waals surface area contributed by atoms with Gasteiger partial charge in [-0.05, 0) is 93.9 Å². The van der Waals surface area contributed by atoms with Crippen LogP contribution >= 0.6 is 0 Å². The molecule has 1 spiro atoms. The number of nitrogens with one attached hydrogen (secondary N) is 4. The Labute approximate surface area is 461 Å². The van der Waals surface area contributed by atoms with Gasteiger partial charge in [0.25, 0.3) is 5.91 Å². The summed E-state index contributed by atoms with van der Waals surface area (Å²) in [6, 6.07) is 2.90. The quantitative estimate of drug-likeness (QED) is 0.0786. The van der Waals surface area contributed by atoms with E-state index in [1.54, 1.807) is 51.1 Å². The highest BCUT2D eigenvalue weighted by molar-refractivity contribution is 5.93. The van der Waals surface area contributed by atoms with E-state index in [1.165, 1.54) is 30.1 Å². The van der Waals surface area contributed by atoms with Crippen molar-refractivity contribution in [2.75, 3.05) is 6.54 Å². The number of carbonyl (C=O) groups is 6. The van der Waals surface area contributed by atoms with Crippen molar-refractivity contribution in [2.45, 2.75) is 200 Å². The molecule has 4 heterocycles. The Morgan fingerprint density at radius 1 is 0.949 bits per heavy atom. The molecule has 0 radical (unpaired) electrons. The lowest BCUT2D eigenvalue weighted by atomic mass is 9.69. The third-order valence-electron chi connectivity index (χ3n) is 16.9. The zero-order chi connectivity index (χ0) is 57.6. The first-order valence-electron chi connectivity index (χ1n) is 28.4. The number of ketones is 1. The number of aliphatic hydroxyl groups excluding tert-OH is 4. The van der Waals surface area contributed by atoms with Crippen LogP contribution in [0.3, 0.4) is 0 Å². The second kappa shape index (κ2) is 29.3. The fraction of sp³-hybridized carbons (Fsp3) is 0.667. The van der Waals surface area contributed by atoms with Gasteiger partial charge in [0, 0.05) is 61.8 Å². The summed E-state index contributed by atoms with van der Waals surface area (Å²) in [6.07, 6.45) is 10.6. The number of nitrogens with zero attached hydrogens (tertiary/aromatic N) is 1. The normalized spacial score (nSPS) is 34.9. The monoisotopic (exact) mass is 1090 g/mol. The molecule has 3 unspecified atom stereocenters. The number of Topliss-reactive ketones (excluding diaryl/α,β-unsaturated/α-hetero) is 1. The van der Waals surface area contributed by atoms with Crippen LogP contribution in [-0.2, 0) is 44.7 Å². The topological polar surface area (TPSA) is 273 Å². The number of allylic oxidation sites excluding steroid dienone is 5. The number of phenols is 1. The van der Waals surface area contributed by atoms with E-state index < -0.39 is 102 Å². The van der Waals surface area contributed by atoms with E-state index >= 15 is 0 Å². The Morgan fingerprint density at radius 2 is 1.68 bits per heavy atom. The maximum absolute atomic E-state index is 14.5. The van der Waals surface area contributed by atoms with Gasteiger partial charge >= 0.3 is 5.97 Å². The number of fused-ring (bicyclic) bond motifs is 2. The fourth-order valence-electron chi connectivity index (χ4n) is 11.3. The van der Waals surface area contributed by atoms with Gasteiger partial charge in [-0.1, -0.05) is 110 Å². The molecule has 434 valence electrons. The van der Waals surface area contributed by atoms with Crippen LogP contribution in [0.5, 0.6) is 5.75 Å². The highest BCUT2D eigenvalue weighted by atomic mass is 16.5. The maximum atomic E-state index is 14.5. The molecular weight excluding hydrogens is 999 g/mol. The lowest BCUT2D eigenvalue weighted by molar-refractivity contribution is -0.267. The highest BCUT2D eigenvalue weighted by Gasteiger charge is 2.57. The zero-order valence-corrected chi connectivity index (χ0v) is 47.6.